The van der Waals surface area contributed by atoms with Crippen molar-refractivity contribution in [1.29, 1.82) is 0 Å². The summed E-state index contributed by atoms with van der Waals surface area (Å²) in [6, 6.07) is 23.9. The Balaban J connectivity index is 1.29. The van der Waals surface area contributed by atoms with E-state index in [4.69, 9.17) is 4.74 Å². The van der Waals surface area contributed by atoms with Crippen LogP contribution in [-0.2, 0) is 10.2 Å². The molecule has 0 radical (unpaired) electrons. The molecule has 2 amide bonds. The van der Waals surface area contributed by atoms with Crippen molar-refractivity contribution >= 4 is 29.3 Å². The summed E-state index contributed by atoms with van der Waals surface area (Å²) >= 11 is 0. The van der Waals surface area contributed by atoms with Gasteiger partial charge in [0.15, 0.2) is 0 Å². The Kier molecular flexibility index (Phi) is 6.74. The molecule has 6 heteroatoms. The maximum atomic E-state index is 13.5. The van der Waals surface area contributed by atoms with E-state index in [1.54, 1.807) is 7.11 Å². The molecule has 5 rings (SSSR count). The normalized spacial score (nSPS) is 15.4. The van der Waals surface area contributed by atoms with Gasteiger partial charge in [-0.2, -0.15) is 0 Å². The molecule has 2 heterocycles. The summed E-state index contributed by atoms with van der Waals surface area (Å²) in [6.07, 6.45) is 4.26. The van der Waals surface area contributed by atoms with E-state index in [2.05, 4.69) is 29.2 Å². The van der Waals surface area contributed by atoms with Crippen LogP contribution in [0, 0.1) is 0 Å². The first-order valence-electron chi connectivity index (χ1n) is 12.8. The lowest BCUT2D eigenvalue weighted by Crippen LogP contribution is -2.54. The summed E-state index contributed by atoms with van der Waals surface area (Å²) in [5, 5.41) is 0. The summed E-state index contributed by atoms with van der Waals surface area (Å²) in [7, 11) is 1.60. The van der Waals surface area contributed by atoms with Crippen LogP contribution in [0.1, 0.15) is 35.3 Å². The van der Waals surface area contributed by atoms with Gasteiger partial charge >= 0.3 is 0 Å². The zero-order valence-electron chi connectivity index (χ0n) is 21.7. The molecule has 3 aromatic rings. The predicted molar refractivity (Wildman–Crippen MR) is 147 cm³/mol. The van der Waals surface area contributed by atoms with E-state index in [1.807, 2.05) is 84.3 Å². The molecule has 3 aromatic carbocycles. The number of hydrogen-bond acceptors (Lipinski definition) is 4. The van der Waals surface area contributed by atoms with Crippen molar-refractivity contribution in [2.24, 2.45) is 0 Å². The number of fused-ring (bicyclic) bond motifs is 1. The number of amides is 2. The van der Waals surface area contributed by atoms with E-state index >= 15 is 0 Å². The van der Waals surface area contributed by atoms with Gasteiger partial charge in [0, 0.05) is 50.2 Å². The number of methoxy groups -OCH3 is 1. The third-order valence-electron chi connectivity index (χ3n) is 7.42. The van der Waals surface area contributed by atoms with Gasteiger partial charge in [-0.1, -0.05) is 60.7 Å². The minimum absolute atomic E-state index is 0.0724. The maximum absolute atomic E-state index is 13.5. The number of rotatable bonds is 5. The fraction of sp³-hybridized carbons (Fsp3) is 0.290. The van der Waals surface area contributed by atoms with Crippen molar-refractivity contribution in [2.45, 2.75) is 19.3 Å². The molecule has 0 atom stereocenters. The van der Waals surface area contributed by atoms with E-state index in [-0.39, 0.29) is 11.8 Å². The topological polar surface area (TPSA) is 53.1 Å². The molecule has 0 aromatic heterocycles. The van der Waals surface area contributed by atoms with Crippen molar-refractivity contribution in [2.75, 3.05) is 44.7 Å². The van der Waals surface area contributed by atoms with Gasteiger partial charge in [-0.05, 0) is 43.2 Å². The van der Waals surface area contributed by atoms with Gasteiger partial charge in [0.2, 0.25) is 5.91 Å². The molecule has 0 unspecified atom stereocenters. The first-order chi connectivity index (χ1) is 17.9. The standard InChI is InChI=1S/C31H33N3O3/c1-31(2,24-12-5-4-6-13-24)30(36)33-20-18-32(19-21-33)29(35)26-16-15-25(22-28(26)37-3)34-17-9-11-23-10-7-8-14-27(23)34/h4-16,22H,17-21H2,1-3H3. The first-order valence-corrected chi connectivity index (χ1v) is 12.8. The third-order valence-corrected chi connectivity index (χ3v) is 7.42. The number of carbonyl (C=O) groups is 2. The Morgan fingerprint density at radius 1 is 0.838 bits per heavy atom. The SMILES string of the molecule is COc1cc(N2CC=Cc3ccccc32)ccc1C(=O)N1CCN(C(=O)C(C)(C)c2ccccc2)CC1. The van der Waals surface area contributed by atoms with Crippen molar-refractivity contribution in [3.05, 3.63) is 95.6 Å². The molecule has 37 heavy (non-hydrogen) atoms. The zero-order chi connectivity index (χ0) is 26.0. The summed E-state index contributed by atoms with van der Waals surface area (Å²) in [5.74, 6) is 0.568. The monoisotopic (exact) mass is 495 g/mol. The number of para-hydroxylation sites is 1. The van der Waals surface area contributed by atoms with Crippen molar-refractivity contribution in [3.63, 3.8) is 0 Å². The lowest BCUT2D eigenvalue weighted by molar-refractivity contribution is -0.137. The molecular weight excluding hydrogens is 462 g/mol. The van der Waals surface area contributed by atoms with Crippen molar-refractivity contribution in [3.8, 4) is 5.75 Å². The van der Waals surface area contributed by atoms with E-state index in [9.17, 15) is 9.59 Å². The van der Waals surface area contributed by atoms with Crippen LogP contribution in [0.15, 0.2) is 78.9 Å². The van der Waals surface area contributed by atoms with Crippen LogP contribution in [0.3, 0.4) is 0 Å². The second-order valence-electron chi connectivity index (χ2n) is 10.0. The molecule has 0 N–H and O–H groups in total. The summed E-state index contributed by atoms with van der Waals surface area (Å²) in [6.45, 7) is 6.69. The highest BCUT2D eigenvalue weighted by atomic mass is 16.5. The molecule has 0 saturated carbocycles. The van der Waals surface area contributed by atoms with Gasteiger partial charge in [-0.25, -0.2) is 0 Å². The van der Waals surface area contributed by atoms with Crippen LogP contribution >= 0.6 is 0 Å². The molecule has 1 fully saturated rings. The van der Waals surface area contributed by atoms with Gasteiger partial charge < -0.3 is 19.4 Å². The van der Waals surface area contributed by atoms with Crippen molar-refractivity contribution in [1.82, 2.24) is 9.80 Å². The van der Waals surface area contributed by atoms with E-state index in [0.29, 0.717) is 37.5 Å². The van der Waals surface area contributed by atoms with Gasteiger partial charge in [0.1, 0.15) is 5.75 Å². The average molecular weight is 496 g/mol. The van der Waals surface area contributed by atoms with Gasteiger partial charge in [0.25, 0.3) is 5.91 Å². The zero-order valence-corrected chi connectivity index (χ0v) is 21.7. The fourth-order valence-corrected chi connectivity index (χ4v) is 5.18. The number of piperazine rings is 1. The van der Waals surface area contributed by atoms with Crippen LogP contribution < -0.4 is 9.64 Å². The Bertz CT molecular complexity index is 1320. The Morgan fingerprint density at radius 3 is 2.24 bits per heavy atom. The highest BCUT2D eigenvalue weighted by Crippen LogP contribution is 2.35. The summed E-state index contributed by atoms with van der Waals surface area (Å²) in [4.78, 5) is 32.7. The van der Waals surface area contributed by atoms with Crippen molar-refractivity contribution < 1.29 is 14.3 Å². The number of carbonyl (C=O) groups excluding carboxylic acids is 2. The van der Waals surface area contributed by atoms with Crippen LogP contribution in [-0.4, -0.2) is 61.4 Å². The molecule has 190 valence electrons. The quantitative estimate of drug-likeness (QED) is 0.493. The Hall–Kier alpha value is -4.06. The van der Waals surface area contributed by atoms with Gasteiger partial charge in [0.05, 0.1) is 18.1 Å². The third kappa shape index (κ3) is 4.71. The average Bonchev–Trinajstić information content (AvgIpc) is 2.96. The number of ether oxygens (including phenoxy) is 1. The van der Waals surface area contributed by atoms with Crippen LogP contribution in [0.5, 0.6) is 5.75 Å². The molecule has 6 nitrogen and oxygen atoms in total. The van der Waals surface area contributed by atoms with Crippen LogP contribution in [0.4, 0.5) is 11.4 Å². The van der Waals surface area contributed by atoms with Crippen LogP contribution in [0.25, 0.3) is 6.08 Å². The molecule has 2 aliphatic rings. The molecule has 0 spiro atoms. The van der Waals surface area contributed by atoms with E-state index in [1.165, 1.54) is 0 Å². The minimum Gasteiger partial charge on any atom is -0.496 e. The minimum atomic E-state index is -0.616. The molecule has 2 aliphatic heterocycles. The van der Waals surface area contributed by atoms with Crippen LogP contribution in [0.2, 0.25) is 0 Å². The van der Waals surface area contributed by atoms with Gasteiger partial charge in [-0.3, -0.25) is 9.59 Å². The highest BCUT2D eigenvalue weighted by Gasteiger charge is 2.36. The molecular formula is C31H33N3O3. The van der Waals surface area contributed by atoms with E-state index in [0.717, 1.165) is 29.0 Å². The molecule has 0 bridgehead atoms. The lowest BCUT2D eigenvalue weighted by atomic mass is 9.83. The predicted octanol–water partition coefficient (Wildman–Crippen LogP) is 5.12. The fourth-order valence-electron chi connectivity index (χ4n) is 5.18. The smallest absolute Gasteiger partial charge is 0.257 e. The second-order valence-corrected chi connectivity index (χ2v) is 10.0. The van der Waals surface area contributed by atoms with E-state index < -0.39 is 5.41 Å². The summed E-state index contributed by atoms with van der Waals surface area (Å²) < 4.78 is 5.67. The number of nitrogens with zero attached hydrogens (tertiary/aromatic N) is 3. The maximum Gasteiger partial charge on any atom is 0.257 e. The lowest BCUT2D eigenvalue weighted by Gasteiger charge is -2.39. The van der Waals surface area contributed by atoms with Gasteiger partial charge in [-0.15, -0.1) is 0 Å². The number of benzene rings is 3. The number of anilines is 2. The molecule has 0 aliphatic carbocycles. The highest BCUT2D eigenvalue weighted by molar-refractivity contribution is 5.98. The summed E-state index contributed by atoms with van der Waals surface area (Å²) in [5.41, 5.74) is 4.19. The Morgan fingerprint density at radius 2 is 1.51 bits per heavy atom. The number of hydrogen-bond donors (Lipinski definition) is 0. The first kappa shape index (κ1) is 24.6. The largest absolute Gasteiger partial charge is 0.496 e. The second kappa shape index (κ2) is 10.1. The Labute approximate surface area is 218 Å². The molecule has 1 saturated heterocycles.